The highest BCUT2D eigenvalue weighted by Crippen LogP contribution is 2.37. The van der Waals surface area contributed by atoms with Crippen molar-refractivity contribution < 1.29 is 14.6 Å². The van der Waals surface area contributed by atoms with Crippen LogP contribution in [0.5, 0.6) is 0 Å². The van der Waals surface area contributed by atoms with E-state index < -0.39 is 11.6 Å². The maximum Gasteiger partial charge on any atom is 0.335 e. The molecule has 0 aliphatic heterocycles. The van der Waals surface area contributed by atoms with Gasteiger partial charge in [0.15, 0.2) is 0 Å². The van der Waals surface area contributed by atoms with Gasteiger partial charge in [0, 0.05) is 13.0 Å². The molecule has 3 heteroatoms. The van der Waals surface area contributed by atoms with Crippen LogP contribution in [0.3, 0.4) is 0 Å². The predicted octanol–water partition coefficient (Wildman–Crippen LogP) is 5.83. The minimum Gasteiger partial charge on any atom is -0.478 e. The molecule has 0 fully saturated rings. The summed E-state index contributed by atoms with van der Waals surface area (Å²) in [7, 11) is 0. The first kappa shape index (κ1) is 19.1. The van der Waals surface area contributed by atoms with E-state index >= 15 is 0 Å². The van der Waals surface area contributed by atoms with Crippen LogP contribution in [-0.4, -0.2) is 17.7 Å². The van der Waals surface area contributed by atoms with Crippen molar-refractivity contribution >= 4 is 11.5 Å². The van der Waals surface area contributed by atoms with E-state index in [0.717, 1.165) is 36.1 Å². The predicted molar refractivity (Wildman–Crippen MR) is 109 cm³/mol. The zero-order valence-electron chi connectivity index (χ0n) is 15.7. The van der Waals surface area contributed by atoms with E-state index in [1.165, 1.54) is 12.8 Å². The van der Waals surface area contributed by atoms with E-state index in [1.54, 1.807) is 12.1 Å². The molecule has 3 rings (SSSR count). The molecular weight excluding hydrogens is 336 g/mol. The van der Waals surface area contributed by atoms with E-state index in [2.05, 4.69) is 37.3 Å². The van der Waals surface area contributed by atoms with E-state index in [9.17, 15) is 4.79 Å². The molecule has 3 nitrogen and oxygen atoms in total. The molecule has 0 amide bonds. The van der Waals surface area contributed by atoms with Gasteiger partial charge in [0.05, 0.1) is 5.56 Å². The minimum atomic E-state index is -0.904. The van der Waals surface area contributed by atoms with Gasteiger partial charge in [-0.3, -0.25) is 0 Å². The van der Waals surface area contributed by atoms with Crippen LogP contribution in [0.1, 0.15) is 54.1 Å². The Hall–Kier alpha value is -2.65. The Morgan fingerprint density at radius 3 is 2.41 bits per heavy atom. The van der Waals surface area contributed by atoms with Gasteiger partial charge in [-0.05, 0) is 41.3 Å². The molecular formula is C24H26O3. The van der Waals surface area contributed by atoms with Gasteiger partial charge in [-0.2, -0.15) is 0 Å². The van der Waals surface area contributed by atoms with Crippen LogP contribution in [0.2, 0.25) is 0 Å². The first-order chi connectivity index (χ1) is 13.1. The summed E-state index contributed by atoms with van der Waals surface area (Å²) < 4.78 is 6.38. The SMILES string of the molecule is CCCCCOC1(c2ccccc2)C=CC(c2ccc(C(=O)O)cc2)=CC1. The van der Waals surface area contributed by atoms with Crippen LogP contribution in [0, 0.1) is 0 Å². The summed E-state index contributed by atoms with van der Waals surface area (Å²) in [6.45, 7) is 2.93. The van der Waals surface area contributed by atoms with Gasteiger partial charge in [-0.1, -0.05) is 74.4 Å². The normalized spacial score (nSPS) is 18.9. The molecule has 1 N–H and O–H groups in total. The lowest BCUT2D eigenvalue weighted by molar-refractivity contribution is -0.0128. The van der Waals surface area contributed by atoms with Crippen molar-refractivity contribution in [3.8, 4) is 0 Å². The third-order valence-corrected chi connectivity index (χ3v) is 4.99. The molecule has 0 spiro atoms. The van der Waals surface area contributed by atoms with Crippen LogP contribution >= 0.6 is 0 Å². The van der Waals surface area contributed by atoms with Crippen LogP contribution in [0.15, 0.2) is 72.8 Å². The first-order valence-electron chi connectivity index (χ1n) is 9.57. The number of allylic oxidation sites excluding steroid dienone is 2. The standard InChI is InChI=1S/C24H26O3/c1-2-3-7-18-27-24(22-8-5-4-6-9-22)16-14-20(15-17-24)19-10-12-21(13-11-19)23(25)26/h4-6,8-16H,2-3,7,17-18H2,1H3,(H,25,26). The lowest BCUT2D eigenvalue weighted by atomic mass is 9.84. The second-order valence-corrected chi connectivity index (χ2v) is 6.89. The van der Waals surface area contributed by atoms with Gasteiger partial charge in [0.2, 0.25) is 0 Å². The van der Waals surface area contributed by atoms with Crippen molar-refractivity contribution in [2.24, 2.45) is 0 Å². The summed E-state index contributed by atoms with van der Waals surface area (Å²) in [6.07, 6.45) is 10.6. The summed E-state index contributed by atoms with van der Waals surface area (Å²) in [5, 5.41) is 9.06. The van der Waals surface area contributed by atoms with E-state index in [1.807, 2.05) is 30.3 Å². The van der Waals surface area contributed by atoms with E-state index in [4.69, 9.17) is 9.84 Å². The molecule has 2 aromatic carbocycles. The largest absolute Gasteiger partial charge is 0.478 e. The average Bonchev–Trinajstić information content (AvgIpc) is 2.72. The number of rotatable bonds is 8. The molecule has 27 heavy (non-hydrogen) atoms. The van der Waals surface area contributed by atoms with Crippen molar-refractivity contribution in [3.63, 3.8) is 0 Å². The van der Waals surface area contributed by atoms with Crippen molar-refractivity contribution in [3.05, 3.63) is 89.5 Å². The molecule has 0 radical (unpaired) electrons. The molecule has 0 saturated carbocycles. The number of carboxylic acid groups (broad SMARTS) is 1. The number of hydrogen-bond acceptors (Lipinski definition) is 2. The maximum atomic E-state index is 11.0. The molecule has 0 saturated heterocycles. The number of carboxylic acids is 1. The van der Waals surface area contributed by atoms with Crippen molar-refractivity contribution in [1.29, 1.82) is 0 Å². The second kappa shape index (κ2) is 8.83. The Balaban J connectivity index is 1.80. The van der Waals surface area contributed by atoms with Gasteiger partial charge in [0.25, 0.3) is 0 Å². The fourth-order valence-corrected chi connectivity index (χ4v) is 3.37. The highest BCUT2D eigenvalue weighted by molar-refractivity contribution is 5.88. The molecule has 1 atom stereocenters. The average molecular weight is 362 g/mol. The van der Waals surface area contributed by atoms with Gasteiger partial charge in [0.1, 0.15) is 5.60 Å². The minimum absolute atomic E-state index is 0.303. The number of ether oxygens (including phenoxy) is 1. The Morgan fingerprint density at radius 1 is 1.07 bits per heavy atom. The van der Waals surface area contributed by atoms with Crippen LogP contribution in [0.4, 0.5) is 0 Å². The van der Waals surface area contributed by atoms with Crippen molar-refractivity contribution in [1.82, 2.24) is 0 Å². The summed E-state index contributed by atoms with van der Waals surface area (Å²) in [6, 6.07) is 17.4. The summed E-state index contributed by atoms with van der Waals surface area (Å²) in [5.41, 5.74) is 3.14. The van der Waals surface area contributed by atoms with Gasteiger partial charge < -0.3 is 9.84 Å². The molecule has 1 aliphatic carbocycles. The zero-order chi connectivity index (χ0) is 19.1. The lowest BCUT2D eigenvalue weighted by Crippen LogP contribution is -2.29. The van der Waals surface area contributed by atoms with Crippen molar-refractivity contribution in [2.45, 2.75) is 38.2 Å². The third kappa shape index (κ3) is 4.55. The van der Waals surface area contributed by atoms with E-state index in [-0.39, 0.29) is 0 Å². The molecule has 2 aromatic rings. The topological polar surface area (TPSA) is 46.5 Å². The zero-order valence-corrected chi connectivity index (χ0v) is 15.7. The number of hydrogen-bond donors (Lipinski definition) is 1. The Bertz CT molecular complexity index is 818. The van der Waals surface area contributed by atoms with Crippen LogP contribution < -0.4 is 0 Å². The van der Waals surface area contributed by atoms with Gasteiger partial charge in [-0.15, -0.1) is 0 Å². The molecule has 0 bridgehead atoms. The third-order valence-electron chi connectivity index (χ3n) is 4.99. The van der Waals surface area contributed by atoms with Crippen molar-refractivity contribution in [2.75, 3.05) is 6.61 Å². The molecule has 0 aromatic heterocycles. The first-order valence-corrected chi connectivity index (χ1v) is 9.57. The lowest BCUT2D eigenvalue weighted by Gasteiger charge is -2.33. The molecule has 1 aliphatic rings. The molecule has 140 valence electrons. The quantitative estimate of drug-likeness (QED) is 0.601. The Kier molecular flexibility index (Phi) is 6.25. The summed E-state index contributed by atoms with van der Waals surface area (Å²) in [5.74, 6) is -0.904. The van der Waals surface area contributed by atoms with E-state index in [0.29, 0.717) is 5.56 Å². The van der Waals surface area contributed by atoms with Crippen LogP contribution in [-0.2, 0) is 10.3 Å². The summed E-state index contributed by atoms with van der Waals surface area (Å²) in [4.78, 5) is 11.0. The summed E-state index contributed by atoms with van der Waals surface area (Å²) >= 11 is 0. The monoisotopic (exact) mass is 362 g/mol. The Morgan fingerprint density at radius 2 is 1.81 bits per heavy atom. The van der Waals surface area contributed by atoms with Gasteiger partial charge >= 0.3 is 5.97 Å². The second-order valence-electron chi connectivity index (χ2n) is 6.89. The number of benzene rings is 2. The molecule has 0 heterocycles. The highest BCUT2D eigenvalue weighted by atomic mass is 16.5. The maximum absolute atomic E-state index is 11.0. The number of unbranched alkanes of at least 4 members (excludes halogenated alkanes) is 2. The number of aromatic carboxylic acids is 1. The fraction of sp³-hybridized carbons (Fsp3) is 0.292. The van der Waals surface area contributed by atoms with Gasteiger partial charge in [-0.25, -0.2) is 4.79 Å². The highest BCUT2D eigenvalue weighted by Gasteiger charge is 2.31. The van der Waals surface area contributed by atoms with Crippen LogP contribution in [0.25, 0.3) is 5.57 Å². The smallest absolute Gasteiger partial charge is 0.335 e. The fourth-order valence-electron chi connectivity index (χ4n) is 3.37. The molecule has 1 unspecified atom stereocenters. The Labute approximate surface area is 161 Å². The number of carbonyl (C=O) groups is 1.